The van der Waals surface area contributed by atoms with Crippen molar-refractivity contribution in [3.05, 3.63) is 36.2 Å². The van der Waals surface area contributed by atoms with Crippen molar-refractivity contribution in [1.29, 1.82) is 0 Å². The van der Waals surface area contributed by atoms with Crippen molar-refractivity contribution in [2.24, 2.45) is 0 Å². The SMILES string of the molecule is C[C@@H]1CN(CCCc2nnc(CCCN3C[C@H](C)N[C@@H](C)C3)n2-n2cccc2)C[C@H](C)N1. The van der Waals surface area contributed by atoms with E-state index < -0.39 is 0 Å². The predicted molar refractivity (Wildman–Crippen MR) is 129 cm³/mol. The second-order valence-corrected chi connectivity index (χ2v) is 10.1. The summed E-state index contributed by atoms with van der Waals surface area (Å²) in [6.07, 6.45) is 8.30. The largest absolute Gasteiger partial charge is 0.309 e. The first-order valence-electron chi connectivity index (χ1n) is 12.5. The maximum absolute atomic E-state index is 4.61. The van der Waals surface area contributed by atoms with Crippen molar-refractivity contribution in [2.75, 3.05) is 39.3 Å². The second kappa shape index (κ2) is 10.9. The third-order valence-electron chi connectivity index (χ3n) is 6.61. The van der Waals surface area contributed by atoms with Gasteiger partial charge in [-0.05, 0) is 65.8 Å². The Morgan fingerprint density at radius 2 is 1.12 bits per heavy atom. The van der Waals surface area contributed by atoms with Gasteiger partial charge >= 0.3 is 0 Å². The van der Waals surface area contributed by atoms with Crippen molar-refractivity contribution >= 4 is 0 Å². The van der Waals surface area contributed by atoms with Gasteiger partial charge in [0.2, 0.25) is 0 Å². The molecule has 8 heteroatoms. The highest BCUT2D eigenvalue weighted by molar-refractivity contribution is 5.02. The van der Waals surface area contributed by atoms with E-state index in [2.05, 4.69) is 92.2 Å². The summed E-state index contributed by atoms with van der Waals surface area (Å²) >= 11 is 0. The number of nitrogens with one attached hydrogen (secondary N) is 2. The lowest BCUT2D eigenvalue weighted by molar-refractivity contribution is 0.171. The highest BCUT2D eigenvalue weighted by Gasteiger charge is 2.22. The molecule has 4 rings (SSSR count). The van der Waals surface area contributed by atoms with Crippen molar-refractivity contribution in [3.63, 3.8) is 0 Å². The molecule has 178 valence electrons. The summed E-state index contributed by atoms with van der Waals surface area (Å²) in [4.78, 5) is 5.16. The Morgan fingerprint density at radius 1 is 0.719 bits per heavy atom. The summed E-state index contributed by atoms with van der Waals surface area (Å²) in [6, 6.07) is 6.40. The van der Waals surface area contributed by atoms with Crippen LogP contribution < -0.4 is 10.6 Å². The Labute approximate surface area is 193 Å². The second-order valence-electron chi connectivity index (χ2n) is 10.1. The van der Waals surface area contributed by atoms with Gasteiger partial charge in [-0.1, -0.05) is 0 Å². The van der Waals surface area contributed by atoms with Crippen LogP contribution in [0.15, 0.2) is 24.5 Å². The molecule has 2 saturated heterocycles. The van der Waals surface area contributed by atoms with E-state index in [0.717, 1.165) is 76.6 Å². The maximum atomic E-state index is 4.61. The topological polar surface area (TPSA) is 66.2 Å². The standard InChI is InChI=1S/C24H42N8/c1-19-15-29(16-20(2)25-19)11-7-9-23-27-28-24(32(23)31-13-5-6-14-31)10-8-12-30-17-21(3)26-22(4)18-30/h5-6,13-14,19-22,25-26H,7-12,15-18H2,1-4H3/t19-,20-,21-,22+/m0/s1. The monoisotopic (exact) mass is 442 g/mol. The summed E-state index contributed by atoms with van der Waals surface area (Å²) in [5, 5.41) is 16.5. The molecule has 0 unspecified atom stereocenters. The third-order valence-corrected chi connectivity index (χ3v) is 6.61. The molecule has 8 nitrogen and oxygen atoms in total. The molecule has 0 radical (unpaired) electrons. The predicted octanol–water partition coefficient (Wildman–Crippen LogP) is 1.62. The van der Waals surface area contributed by atoms with Gasteiger partial charge in [0.05, 0.1) is 0 Å². The lowest BCUT2D eigenvalue weighted by Gasteiger charge is -2.36. The molecule has 0 bridgehead atoms. The molecule has 32 heavy (non-hydrogen) atoms. The number of nitrogens with zero attached hydrogens (tertiary/aromatic N) is 6. The minimum atomic E-state index is 0.565. The van der Waals surface area contributed by atoms with Crippen LogP contribution in [-0.2, 0) is 12.8 Å². The van der Waals surface area contributed by atoms with E-state index in [1.54, 1.807) is 0 Å². The summed E-state index contributed by atoms with van der Waals surface area (Å²) in [7, 11) is 0. The van der Waals surface area contributed by atoms with Crippen molar-refractivity contribution in [3.8, 4) is 0 Å². The summed E-state index contributed by atoms with van der Waals surface area (Å²) < 4.78 is 4.36. The van der Waals surface area contributed by atoms with Crippen LogP contribution >= 0.6 is 0 Å². The molecule has 2 aliphatic heterocycles. The maximum Gasteiger partial charge on any atom is 0.153 e. The van der Waals surface area contributed by atoms with E-state index in [1.165, 1.54) is 0 Å². The minimum Gasteiger partial charge on any atom is -0.309 e. The summed E-state index contributed by atoms with van der Waals surface area (Å²) in [5.74, 6) is 2.13. The molecule has 2 aromatic rings. The molecule has 0 aromatic carbocycles. The van der Waals surface area contributed by atoms with Gasteiger partial charge in [0.15, 0.2) is 11.6 Å². The zero-order valence-corrected chi connectivity index (χ0v) is 20.4. The third kappa shape index (κ3) is 6.19. The molecule has 2 fully saturated rings. The van der Waals surface area contributed by atoms with E-state index in [9.17, 15) is 0 Å². The first-order valence-corrected chi connectivity index (χ1v) is 12.5. The fourth-order valence-electron chi connectivity index (χ4n) is 5.55. The molecule has 0 aliphatic carbocycles. The van der Waals surface area contributed by atoms with Gasteiger partial charge in [-0.3, -0.25) is 4.68 Å². The fraction of sp³-hybridized carbons (Fsp3) is 0.750. The van der Waals surface area contributed by atoms with Crippen molar-refractivity contribution < 1.29 is 0 Å². The van der Waals surface area contributed by atoms with E-state index in [-0.39, 0.29) is 0 Å². The molecule has 2 N–H and O–H groups in total. The van der Waals surface area contributed by atoms with Gasteiger partial charge in [0.1, 0.15) is 0 Å². The molecule has 0 saturated carbocycles. The van der Waals surface area contributed by atoms with Crippen LogP contribution in [0.3, 0.4) is 0 Å². The van der Waals surface area contributed by atoms with Crippen molar-refractivity contribution in [1.82, 2.24) is 40.0 Å². The van der Waals surface area contributed by atoms with Crippen LogP contribution in [0.2, 0.25) is 0 Å². The molecule has 0 spiro atoms. The van der Waals surface area contributed by atoms with Crippen LogP contribution in [-0.4, -0.2) is 92.8 Å². The molecule has 2 aliphatic rings. The number of aryl methyl sites for hydroxylation is 2. The Kier molecular flexibility index (Phi) is 7.99. The fourth-order valence-corrected chi connectivity index (χ4v) is 5.55. The molecule has 4 atom stereocenters. The van der Waals surface area contributed by atoms with Gasteiger partial charge in [-0.2, -0.15) is 0 Å². The normalized spacial score (nSPS) is 27.8. The van der Waals surface area contributed by atoms with Crippen LogP contribution in [0.25, 0.3) is 0 Å². The smallest absolute Gasteiger partial charge is 0.153 e. The Bertz CT molecular complexity index is 747. The quantitative estimate of drug-likeness (QED) is 0.615. The van der Waals surface area contributed by atoms with Crippen LogP contribution in [0.4, 0.5) is 0 Å². The molecule has 2 aromatic heterocycles. The summed E-state index contributed by atoms with van der Waals surface area (Å²) in [6.45, 7) is 15.9. The van der Waals surface area contributed by atoms with Gasteiger partial charge in [-0.25, -0.2) is 4.68 Å². The molecule has 0 amide bonds. The molecular weight excluding hydrogens is 400 g/mol. The highest BCUT2D eigenvalue weighted by atomic mass is 15.5. The highest BCUT2D eigenvalue weighted by Crippen LogP contribution is 2.12. The van der Waals surface area contributed by atoms with Gasteiger partial charge in [0, 0.05) is 75.6 Å². The molecular formula is C24H42N8. The zero-order chi connectivity index (χ0) is 22.5. The van der Waals surface area contributed by atoms with E-state index >= 15 is 0 Å². The Hall–Kier alpha value is -1.74. The first kappa shape index (κ1) is 23.4. The Morgan fingerprint density at radius 3 is 1.53 bits per heavy atom. The zero-order valence-electron chi connectivity index (χ0n) is 20.4. The van der Waals surface area contributed by atoms with Crippen LogP contribution in [0.5, 0.6) is 0 Å². The lowest BCUT2D eigenvalue weighted by Crippen LogP contribution is -2.54. The van der Waals surface area contributed by atoms with Gasteiger partial charge in [-0.15, -0.1) is 10.2 Å². The van der Waals surface area contributed by atoms with Gasteiger partial charge in [0.25, 0.3) is 0 Å². The van der Waals surface area contributed by atoms with Gasteiger partial charge < -0.3 is 20.4 Å². The van der Waals surface area contributed by atoms with E-state index in [4.69, 9.17) is 0 Å². The average Bonchev–Trinajstić information content (AvgIpc) is 3.36. The molecule has 4 heterocycles. The van der Waals surface area contributed by atoms with E-state index in [0.29, 0.717) is 24.2 Å². The van der Waals surface area contributed by atoms with E-state index in [1.807, 2.05) is 0 Å². The minimum absolute atomic E-state index is 0.565. The summed E-state index contributed by atoms with van der Waals surface area (Å²) in [5.41, 5.74) is 0. The lowest BCUT2D eigenvalue weighted by atomic mass is 10.1. The number of piperazine rings is 2. The first-order chi connectivity index (χ1) is 15.5. The number of hydrogen-bond donors (Lipinski definition) is 2. The van der Waals surface area contributed by atoms with Crippen LogP contribution in [0.1, 0.15) is 52.2 Å². The number of rotatable bonds is 9. The Balaban J connectivity index is 1.34. The number of aromatic nitrogens is 4. The number of hydrogen-bond acceptors (Lipinski definition) is 6. The average molecular weight is 443 g/mol. The van der Waals surface area contributed by atoms with Crippen molar-refractivity contribution in [2.45, 2.75) is 77.5 Å². The van der Waals surface area contributed by atoms with Crippen LogP contribution in [0, 0.1) is 0 Å².